The SMILES string of the molecule is COc1cc([N+](=O)[O-])ccc1C(=O)NCc1cn[nH]c1N. The monoisotopic (exact) mass is 291 g/mol. The number of nitrogens with two attached hydrogens (primary N) is 1. The number of nitro groups is 1. The van der Waals surface area contributed by atoms with Crippen LogP contribution in [0, 0.1) is 10.1 Å². The van der Waals surface area contributed by atoms with Gasteiger partial charge in [-0.25, -0.2) is 0 Å². The molecule has 1 amide bonds. The molecule has 9 nitrogen and oxygen atoms in total. The van der Waals surface area contributed by atoms with E-state index in [2.05, 4.69) is 15.5 Å². The van der Waals surface area contributed by atoms with Crippen molar-refractivity contribution in [3.05, 3.63) is 45.6 Å². The lowest BCUT2D eigenvalue weighted by Crippen LogP contribution is -2.23. The minimum atomic E-state index is -0.559. The summed E-state index contributed by atoms with van der Waals surface area (Å²) in [4.78, 5) is 22.2. The van der Waals surface area contributed by atoms with Gasteiger partial charge in [0.05, 0.1) is 29.9 Å². The minimum absolute atomic E-state index is 0.127. The third-order valence-electron chi connectivity index (χ3n) is 2.83. The van der Waals surface area contributed by atoms with Gasteiger partial charge in [0.1, 0.15) is 11.6 Å². The molecule has 0 radical (unpaired) electrons. The average molecular weight is 291 g/mol. The summed E-state index contributed by atoms with van der Waals surface area (Å²) in [5.74, 6) is 0.0650. The Kier molecular flexibility index (Phi) is 4.02. The molecule has 21 heavy (non-hydrogen) atoms. The Morgan fingerprint density at radius 1 is 1.57 bits per heavy atom. The summed E-state index contributed by atoms with van der Waals surface area (Å²) in [6.07, 6.45) is 1.50. The van der Waals surface area contributed by atoms with Crippen LogP contribution in [-0.2, 0) is 6.54 Å². The Bertz CT molecular complexity index is 682. The van der Waals surface area contributed by atoms with Gasteiger partial charge >= 0.3 is 0 Å². The van der Waals surface area contributed by atoms with Gasteiger partial charge in [0.2, 0.25) is 0 Å². The number of amides is 1. The molecule has 0 atom stereocenters. The molecule has 9 heteroatoms. The lowest BCUT2D eigenvalue weighted by Gasteiger charge is -2.08. The fourth-order valence-corrected chi connectivity index (χ4v) is 1.71. The van der Waals surface area contributed by atoms with Gasteiger partial charge in [0.15, 0.2) is 0 Å². The molecule has 0 unspecified atom stereocenters. The summed E-state index contributed by atoms with van der Waals surface area (Å²) in [5.41, 5.74) is 6.30. The maximum absolute atomic E-state index is 12.1. The molecule has 0 bridgehead atoms. The number of carbonyl (C=O) groups is 1. The standard InChI is InChI=1S/C12H13N5O4/c1-21-10-4-8(17(19)20)2-3-9(10)12(18)14-5-7-6-15-16-11(7)13/h2-4,6H,5H2,1H3,(H,14,18)(H3,13,15,16). The van der Waals surface area contributed by atoms with E-state index in [1.165, 1.54) is 31.5 Å². The molecule has 1 aromatic heterocycles. The van der Waals surface area contributed by atoms with Crippen molar-refractivity contribution in [2.75, 3.05) is 12.8 Å². The maximum atomic E-state index is 12.1. The van der Waals surface area contributed by atoms with Crippen molar-refractivity contribution in [3.63, 3.8) is 0 Å². The molecule has 2 aromatic rings. The molecular formula is C12H13N5O4. The van der Waals surface area contributed by atoms with Gasteiger partial charge in [-0.15, -0.1) is 0 Å². The number of nitro benzene ring substituents is 1. The number of nitrogen functional groups attached to an aromatic ring is 1. The number of rotatable bonds is 5. The smallest absolute Gasteiger partial charge is 0.273 e. The highest BCUT2D eigenvalue weighted by atomic mass is 16.6. The Labute approximate surface area is 119 Å². The largest absolute Gasteiger partial charge is 0.496 e. The molecule has 0 spiro atoms. The zero-order valence-corrected chi connectivity index (χ0v) is 11.1. The highest BCUT2D eigenvalue weighted by Crippen LogP contribution is 2.24. The number of non-ortho nitro benzene ring substituents is 1. The van der Waals surface area contributed by atoms with E-state index in [4.69, 9.17) is 10.5 Å². The number of nitrogens with zero attached hydrogens (tertiary/aromatic N) is 2. The van der Waals surface area contributed by atoms with Crippen LogP contribution in [0.25, 0.3) is 0 Å². The number of hydrogen-bond donors (Lipinski definition) is 3. The van der Waals surface area contributed by atoms with E-state index >= 15 is 0 Å². The van der Waals surface area contributed by atoms with Crippen LogP contribution in [0.15, 0.2) is 24.4 Å². The van der Waals surface area contributed by atoms with Crippen LogP contribution in [0.2, 0.25) is 0 Å². The summed E-state index contributed by atoms with van der Waals surface area (Å²) in [5, 5.41) is 19.6. The number of ether oxygens (including phenoxy) is 1. The maximum Gasteiger partial charge on any atom is 0.273 e. The Morgan fingerprint density at radius 2 is 2.33 bits per heavy atom. The summed E-state index contributed by atoms with van der Waals surface area (Å²) < 4.78 is 5.01. The first kappa shape index (κ1) is 14.3. The first-order chi connectivity index (χ1) is 10.0. The number of anilines is 1. The number of methoxy groups -OCH3 is 1. The van der Waals surface area contributed by atoms with Crippen LogP contribution in [-0.4, -0.2) is 28.1 Å². The Morgan fingerprint density at radius 3 is 2.90 bits per heavy atom. The highest BCUT2D eigenvalue weighted by molar-refractivity contribution is 5.97. The lowest BCUT2D eigenvalue weighted by atomic mass is 10.1. The number of hydrogen-bond acceptors (Lipinski definition) is 6. The van der Waals surface area contributed by atoms with Crippen LogP contribution in [0.5, 0.6) is 5.75 Å². The van der Waals surface area contributed by atoms with Gasteiger partial charge in [0, 0.05) is 18.2 Å². The number of benzene rings is 1. The number of aromatic nitrogens is 2. The zero-order chi connectivity index (χ0) is 15.4. The molecule has 110 valence electrons. The van der Waals surface area contributed by atoms with Crippen LogP contribution in [0.3, 0.4) is 0 Å². The molecule has 2 rings (SSSR count). The van der Waals surface area contributed by atoms with E-state index in [0.717, 1.165) is 0 Å². The predicted molar refractivity (Wildman–Crippen MR) is 73.8 cm³/mol. The summed E-state index contributed by atoms with van der Waals surface area (Å²) in [6, 6.07) is 3.77. The summed E-state index contributed by atoms with van der Waals surface area (Å²) in [7, 11) is 1.34. The van der Waals surface area contributed by atoms with E-state index in [0.29, 0.717) is 11.4 Å². The topological polar surface area (TPSA) is 136 Å². The van der Waals surface area contributed by atoms with Gasteiger partial charge in [-0.1, -0.05) is 0 Å². The number of nitrogens with one attached hydrogen (secondary N) is 2. The molecule has 0 saturated heterocycles. The average Bonchev–Trinajstić information content (AvgIpc) is 2.89. The van der Waals surface area contributed by atoms with Crippen LogP contribution < -0.4 is 15.8 Å². The van der Waals surface area contributed by atoms with Crippen molar-refractivity contribution in [2.45, 2.75) is 6.54 Å². The first-order valence-electron chi connectivity index (χ1n) is 5.91. The molecule has 0 aliphatic rings. The van der Waals surface area contributed by atoms with E-state index in [1.807, 2.05) is 0 Å². The molecule has 1 heterocycles. The van der Waals surface area contributed by atoms with Gasteiger partial charge < -0.3 is 15.8 Å². The van der Waals surface area contributed by atoms with Gasteiger partial charge in [-0.3, -0.25) is 20.0 Å². The van der Waals surface area contributed by atoms with E-state index in [9.17, 15) is 14.9 Å². The van der Waals surface area contributed by atoms with Crippen molar-refractivity contribution in [1.82, 2.24) is 15.5 Å². The second kappa shape index (κ2) is 5.90. The fraction of sp³-hybridized carbons (Fsp3) is 0.167. The van der Waals surface area contributed by atoms with E-state index in [1.54, 1.807) is 0 Å². The first-order valence-corrected chi connectivity index (χ1v) is 5.91. The molecule has 1 aromatic carbocycles. The van der Waals surface area contributed by atoms with E-state index < -0.39 is 10.8 Å². The second-order valence-electron chi connectivity index (χ2n) is 4.13. The molecular weight excluding hydrogens is 278 g/mol. The normalized spacial score (nSPS) is 10.1. The van der Waals surface area contributed by atoms with Crippen molar-refractivity contribution < 1.29 is 14.5 Å². The van der Waals surface area contributed by atoms with Gasteiger partial charge in [-0.2, -0.15) is 5.10 Å². The van der Waals surface area contributed by atoms with Crippen LogP contribution >= 0.6 is 0 Å². The molecule has 0 aliphatic carbocycles. The van der Waals surface area contributed by atoms with E-state index in [-0.39, 0.29) is 23.5 Å². The van der Waals surface area contributed by atoms with Crippen molar-refractivity contribution >= 4 is 17.4 Å². The molecule has 0 fully saturated rings. The second-order valence-corrected chi connectivity index (χ2v) is 4.13. The van der Waals surface area contributed by atoms with Crippen molar-refractivity contribution in [2.24, 2.45) is 0 Å². The van der Waals surface area contributed by atoms with Crippen molar-refractivity contribution in [3.8, 4) is 5.75 Å². The Balaban J connectivity index is 2.15. The van der Waals surface area contributed by atoms with Gasteiger partial charge in [-0.05, 0) is 6.07 Å². The summed E-state index contributed by atoms with van der Waals surface area (Å²) in [6.45, 7) is 0.182. The lowest BCUT2D eigenvalue weighted by molar-refractivity contribution is -0.384. The van der Waals surface area contributed by atoms with Crippen molar-refractivity contribution in [1.29, 1.82) is 0 Å². The predicted octanol–water partition coefficient (Wildman–Crippen LogP) is 0.839. The molecule has 4 N–H and O–H groups in total. The fourth-order valence-electron chi connectivity index (χ4n) is 1.71. The molecule has 0 saturated carbocycles. The van der Waals surface area contributed by atoms with Gasteiger partial charge in [0.25, 0.3) is 11.6 Å². The summed E-state index contributed by atoms with van der Waals surface area (Å²) >= 11 is 0. The number of H-pyrrole nitrogens is 1. The zero-order valence-electron chi connectivity index (χ0n) is 11.1. The number of carbonyl (C=O) groups excluding carboxylic acids is 1. The quantitative estimate of drug-likeness (QED) is 0.551. The molecule has 0 aliphatic heterocycles. The highest BCUT2D eigenvalue weighted by Gasteiger charge is 2.17. The third kappa shape index (κ3) is 3.08. The minimum Gasteiger partial charge on any atom is -0.496 e. The number of aromatic amines is 1. The van der Waals surface area contributed by atoms with Crippen LogP contribution in [0.1, 0.15) is 15.9 Å². The Hall–Kier alpha value is -3.10. The third-order valence-corrected chi connectivity index (χ3v) is 2.83. The van der Waals surface area contributed by atoms with Crippen LogP contribution in [0.4, 0.5) is 11.5 Å².